The summed E-state index contributed by atoms with van der Waals surface area (Å²) in [4.78, 5) is 16.0. The molecule has 1 atom stereocenters. The number of hydrogen-bond acceptors (Lipinski definition) is 4. The van der Waals surface area contributed by atoms with Crippen molar-refractivity contribution in [3.63, 3.8) is 0 Å². The third-order valence-electron chi connectivity index (χ3n) is 5.17. The molecule has 5 nitrogen and oxygen atoms in total. The highest BCUT2D eigenvalue weighted by Gasteiger charge is 2.19. The molecule has 1 aliphatic heterocycles. The molecule has 1 saturated heterocycles. The van der Waals surface area contributed by atoms with Crippen LogP contribution in [0.25, 0.3) is 5.52 Å². The Balaban J connectivity index is 1.38. The van der Waals surface area contributed by atoms with Gasteiger partial charge in [0, 0.05) is 37.5 Å². The summed E-state index contributed by atoms with van der Waals surface area (Å²) in [6, 6.07) is 4.26. The maximum atomic E-state index is 4.65. The Bertz CT molecular complexity index is 823. The van der Waals surface area contributed by atoms with Gasteiger partial charge in [0.1, 0.15) is 0 Å². The van der Waals surface area contributed by atoms with Crippen LogP contribution >= 0.6 is 0 Å². The van der Waals surface area contributed by atoms with E-state index in [1.165, 1.54) is 30.5 Å². The molecule has 3 aromatic rings. The normalized spacial score (nSPS) is 19.2. The molecule has 0 aromatic carbocycles. The van der Waals surface area contributed by atoms with Crippen molar-refractivity contribution in [3.05, 3.63) is 60.2 Å². The molecule has 0 aliphatic carbocycles. The Morgan fingerprint density at radius 1 is 1.08 bits per heavy atom. The molecule has 1 fully saturated rings. The van der Waals surface area contributed by atoms with E-state index in [1.54, 1.807) is 0 Å². The van der Waals surface area contributed by atoms with E-state index in [1.807, 2.05) is 31.7 Å². The molecule has 0 spiro atoms. The minimum atomic E-state index is 0.711. The standard InChI is InChI=1S/C20H25N5/c1-16-13-23-18(14-22-16)15-24-8-2-4-17(6-10-24)12-19-20-5-3-9-25(20)11-7-21-19/h3,5,7,9,11,13-14,17H,2,4,6,8,10,12,15H2,1H3/t17-/m1/s1. The number of fused-ring (bicyclic) bond motifs is 1. The Labute approximate surface area is 148 Å². The number of likely N-dealkylation sites (tertiary alicyclic amines) is 1. The van der Waals surface area contributed by atoms with E-state index in [9.17, 15) is 0 Å². The summed E-state index contributed by atoms with van der Waals surface area (Å²) in [5.41, 5.74) is 4.53. The van der Waals surface area contributed by atoms with Gasteiger partial charge in [-0.25, -0.2) is 0 Å². The fraction of sp³-hybridized carbons (Fsp3) is 0.450. The molecule has 0 N–H and O–H groups in total. The van der Waals surface area contributed by atoms with Crippen LogP contribution in [0.3, 0.4) is 0 Å². The molecular weight excluding hydrogens is 310 g/mol. The highest BCUT2D eigenvalue weighted by molar-refractivity contribution is 5.52. The number of aryl methyl sites for hydroxylation is 1. The molecule has 1 aliphatic rings. The van der Waals surface area contributed by atoms with E-state index in [4.69, 9.17) is 0 Å². The quantitative estimate of drug-likeness (QED) is 0.734. The van der Waals surface area contributed by atoms with E-state index in [0.717, 1.165) is 37.4 Å². The molecule has 0 radical (unpaired) electrons. The highest BCUT2D eigenvalue weighted by atomic mass is 15.1. The zero-order valence-electron chi connectivity index (χ0n) is 14.8. The summed E-state index contributed by atoms with van der Waals surface area (Å²) < 4.78 is 2.17. The molecule has 0 saturated carbocycles. The molecule has 4 heterocycles. The molecule has 4 rings (SSSR count). The summed E-state index contributed by atoms with van der Waals surface area (Å²) >= 11 is 0. The van der Waals surface area contributed by atoms with Gasteiger partial charge in [0.15, 0.2) is 0 Å². The van der Waals surface area contributed by atoms with Crippen LogP contribution in [0.1, 0.15) is 36.3 Å². The lowest BCUT2D eigenvalue weighted by molar-refractivity contribution is 0.269. The second-order valence-corrected chi connectivity index (χ2v) is 7.10. The maximum absolute atomic E-state index is 4.65. The second-order valence-electron chi connectivity index (χ2n) is 7.10. The molecule has 5 heteroatoms. The number of aromatic nitrogens is 4. The first-order valence-electron chi connectivity index (χ1n) is 9.18. The van der Waals surface area contributed by atoms with Crippen LogP contribution in [-0.2, 0) is 13.0 Å². The molecule has 3 aromatic heterocycles. The van der Waals surface area contributed by atoms with Crippen LogP contribution in [0.5, 0.6) is 0 Å². The second kappa shape index (κ2) is 7.31. The van der Waals surface area contributed by atoms with Crippen molar-refractivity contribution in [1.29, 1.82) is 0 Å². The average molecular weight is 335 g/mol. The van der Waals surface area contributed by atoms with Gasteiger partial charge in [-0.2, -0.15) is 0 Å². The Morgan fingerprint density at radius 3 is 2.92 bits per heavy atom. The van der Waals surface area contributed by atoms with Crippen molar-refractivity contribution in [2.45, 2.75) is 39.2 Å². The van der Waals surface area contributed by atoms with Gasteiger partial charge in [-0.3, -0.25) is 19.9 Å². The van der Waals surface area contributed by atoms with Gasteiger partial charge in [-0.1, -0.05) is 0 Å². The maximum Gasteiger partial charge on any atom is 0.0727 e. The van der Waals surface area contributed by atoms with Crippen LogP contribution < -0.4 is 0 Å². The predicted octanol–water partition coefficient (Wildman–Crippen LogP) is 3.28. The Kier molecular flexibility index (Phi) is 4.74. The van der Waals surface area contributed by atoms with E-state index in [0.29, 0.717) is 5.92 Å². The molecule has 0 amide bonds. The van der Waals surface area contributed by atoms with Crippen molar-refractivity contribution in [1.82, 2.24) is 24.3 Å². The van der Waals surface area contributed by atoms with Gasteiger partial charge in [0.2, 0.25) is 0 Å². The zero-order chi connectivity index (χ0) is 17.1. The molecule has 0 unspecified atom stereocenters. The lowest BCUT2D eigenvalue weighted by Gasteiger charge is -2.19. The summed E-state index contributed by atoms with van der Waals surface area (Å²) in [6.45, 7) is 5.17. The molecule has 130 valence electrons. The zero-order valence-corrected chi connectivity index (χ0v) is 14.8. The minimum absolute atomic E-state index is 0.711. The van der Waals surface area contributed by atoms with E-state index in [-0.39, 0.29) is 0 Å². The third kappa shape index (κ3) is 3.87. The Hall–Kier alpha value is -2.27. The van der Waals surface area contributed by atoms with Crippen LogP contribution in [0.4, 0.5) is 0 Å². The average Bonchev–Trinajstić information content (AvgIpc) is 3.00. The summed E-state index contributed by atoms with van der Waals surface area (Å²) in [5.74, 6) is 0.711. The van der Waals surface area contributed by atoms with Gasteiger partial charge in [0.05, 0.1) is 22.6 Å². The van der Waals surface area contributed by atoms with Gasteiger partial charge in [-0.15, -0.1) is 0 Å². The topological polar surface area (TPSA) is 46.3 Å². The SMILES string of the molecule is Cc1cnc(CN2CCC[C@@H](Cc3nccn4cccc34)CC2)cn1. The van der Waals surface area contributed by atoms with E-state index in [2.05, 4.69) is 42.6 Å². The molecule has 0 bridgehead atoms. The van der Waals surface area contributed by atoms with Crippen LogP contribution in [-0.4, -0.2) is 37.3 Å². The van der Waals surface area contributed by atoms with E-state index < -0.39 is 0 Å². The van der Waals surface area contributed by atoms with Crippen molar-refractivity contribution in [2.75, 3.05) is 13.1 Å². The number of nitrogens with zero attached hydrogens (tertiary/aromatic N) is 5. The summed E-state index contributed by atoms with van der Waals surface area (Å²) in [6.07, 6.45) is 14.6. The minimum Gasteiger partial charge on any atom is -0.321 e. The lowest BCUT2D eigenvalue weighted by atomic mass is 9.95. The first-order valence-corrected chi connectivity index (χ1v) is 9.18. The monoisotopic (exact) mass is 335 g/mol. The predicted molar refractivity (Wildman–Crippen MR) is 98.3 cm³/mol. The fourth-order valence-corrected chi connectivity index (χ4v) is 3.78. The van der Waals surface area contributed by atoms with Gasteiger partial charge >= 0.3 is 0 Å². The van der Waals surface area contributed by atoms with Crippen molar-refractivity contribution in [2.24, 2.45) is 5.92 Å². The summed E-state index contributed by atoms with van der Waals surface area (Å²) in [7, 11) is 0. The first kappa shape index (κ1) is 16.2. The number of rotatable bonds is 4. The lowest BCUT2D eigenvalue weighted by Crippen LogP contribution is -2.25. The van der Waals surface area contributed by atoms with Crippen LogP contribution in [0.2, 0.25) is 0 Å². The smallest absolute Gasteiger partial charge is 0.0727 e. The number of hydrogen-bond donors (Lipinski definition) is 0. The highest BCUT2D eigenvalue weighted by Crippen LogP contribution is 2.23. The van der Waals surface area contributed by atoms with Crippen LogP contribution in [0, 0.1) is 12.8 Å². The Morgan fingerprint density at radius 2 is 2.04 bits per heavy atom. The third-order valence-corrected chi connectivity index (χ3v) is 5.17. The van der Waals surface area contributed by atoms with Gasteiger partial charge in [0.25, 0.3) is 0 Å². The summed E-state index contributed by atoms with van der Waals surface area (Å²) in [5, 5.41) is 0. The van der Waals surface area contributed by atoms with Crippen LogP contribution in [0.15, 0.2) is 43.1 Å². The van der Waals surface area contributed by atoms with Crippen molar-refractivity contribution < 1.29 is 0 Å². The van der Waals surface area contributed by atoms with Crippen molar-refractivity contribution in [3.8, 4) is 0 Å². The fourth-order valence-electron chi connectivity index (χ4n) is 3.78. The molecule has 25 heavy (non-hydrogen) atoms. The van der Waals surface area contributed by atoms with Gasteiger partial charge in [-0.05, 0) is 63.7 Å². The van der Waals surface area contributed by atoms with E-state index >= 15 is 0 Å². The first-order chi connectivity index (χ1) is 12.3. The van der Waals surface area contributed by atoms with Crippen molar-refractivity contribution >= 4 is 5.52 Å². The molecular formula is C20H25N5. The van der Waals surface area contributed by atoms with Gasteiger partial charge < -0.3 is 4.40 Å². The largest absolute Gasteiger partial charge is 0.321 e.